The molecule has 0 saturated heterocycles. The number of rotatable bonds is 5. The first-order valence-electron chi connectivity index (χ1n) is 5.91. The van der Waals surface area contributed by atoms with E-state index in [1.54, 1.807) is 31.4 Å². The largest absolute Gasteiger partial charge is 0.497 e. The molecule has 4 heteroatoms. The summed E-state index contributed by atoms with van der Waals surface area (Å²) in [5, 5.41) is 0. The van der Waals surface area contributed by atoms with Gasteiger partial charge in [0.1, 0.15) is 5.75 Å². The van der Waals surface area contributed by atoms with Gasteiger partial charge in [0.2, 0.25) is 0 Å². The molecular formula is C15H15NO3. The van der Waals surface area contributed by atoms with Crippen molar-refractivity contribution in [3.8, 4) is 5.75 Å². The molecule has 1 N–H and O–H groups in total. The standard InChI is InChI=1S/C15H15NO3/c1-18-14-9-7-13(8-10-14)16-19-15(17)11-12-5-3-2-4-6-12/h2-10,16H,11H2,1H3. The van der Waals surface area contributed by atoms with Crippen LogP contribution in [-0.2, 0) is 16.1 Å². The molecule has 0 aliphatic rings. The molecule has 0 bridgehead atoms. The molecule has 98 valence electrons. The molecule has 0 fully saturated rings. The summed E-state index contributed by atoms with van der Waals surface area (Å²) in [6, 6.07) is 16.6. The van der Waals surface area contributed by atoms with Crippen LogP contribution in [0.5, 0.6) is 5.75 Å². The second kappa shape index (κ2) is 6.44. The van der Waals surface area contributed by atoms with Gasteiger partial charge in [-0.25, -0.2) is 10.3 Å². The topological polar surface area (TPSA) is 47.6 Å². The minimum atomic E-state index is -0.331. The second-order valence-electron chi connectivity index (χ2n) is 3.97. The minimum Gasteiger partial charge on any atom is -0.497 e. The summed E-state index contributed by atoms with van der Waals surface area (Å²) in [5.74, 6) is 0.420. The van der Waals surface area contributed by atoms with Gasteiger partial charge in [0.25, 0.3) is 0 Å². The van der Waals surface area contributed by atoms with Crippen LogP contribution in [-0.4, -0.2) is 13.1 Å². The monoisotopic (exact) mass is 257 g/mol. The number of ether oxygens (including phenoxy) is 1. The molecule has 2 aromatic rings. The Morgan fingerprint density at radius 2 is 1.74 bits per heavy atom. The second-order valence-corrected chi connectivity index (χ2v) is 3.97. The van der Waals surface area contributed by atoms with Crippen LogP contribution in [0, 0.1) is 0 Å². The predicted octanol–water partition coefficient (Wildman–Crippen LogP) is 2.81. The van der Waals surface area contributed by atoms with Crippen LogP contribution in [0.4, 0.5) is 5.69 Å². The third-order valence-electron chi connectivity index (χ3n) is 2.56. The van der Waals surface area contributed by atoms with Gasteiger partial charge in [-0.1, -0.05) is 30.3 Å². The Balaban J connectivity index is 1.83. The Kier molecular flexibility index (Phi) is 4.39. The molecule has 0 aliphatic heterocycles. The molecule has 19 heavy (non-hydrogen) atoms. The number of methoxy groups -OCH3 is 1. The van der Waals surface area contributed by atoms with Crippen molar-refractivity contribution >= 4 is 11.7 Å². The zero-order valence-corrected chi connectivity index (χ0v) is 10.6. The Bertz CT molecular complexity index is 523. The van der Waals surface area contributed by atoms with Crippen molar-refractivity contribution in [1.29, 1.82) is 0 Å². The highest BCUT2D eigenvalue weighted by Crippen LogP contribution is 2.15. The Morgan fingerprint density at radius 1 is 1.05 bits per heavy atom. The Morgan fingerprint density at radius 3 is 2.37 bits per heavy atom. The maximum atomic E-state index is 11.6. The molecule has 2 rings (SSSR count). The lowest BCUT2D eigenvalue weighted by Crippen LogP contribution is -2.12. The molecule has 0 aliphatic carbocycles. The number of hydrogen-bond donors (Lipinski definition) is 1. The van der Waals surface area contributed by atoms with E-state index in [0.717, 1.165) is 11.3 Å². The van der Waals surface area contributed by atoms with E-state index in [-0.39, 0.29) is 12.4 Å². The zero-order valence-electron chi connectivity index (χ0n) is 10.6. The van der Waals surface area contributed by atoms with E-state index in [0.29, 0.717) is 5.69 Å². The first-order valence-corrected chi connectivity index (χ1v) is 5.91. The minimum absolute atomic E-state index is 0.240. The smallest absolute Gasteiger partial charge is 0.336 e. The predicted molar refractivity (Wildman–Crippen MR) is 72.9 cm³/mol. The molecule has 2 aromatic carbocycles. The average molecular weight is 257 g/mol. The summed E-state index contributed by atoms with van der Waals surface area (Å²) in [6.45, 7) is 0. The van der Waals surface area contributed by atoms with Gasteiger partial charge in [0, 0.05) is 0 Å². The Labute approximate surface area is 111 Å². The first-order chi connectivity index (χ1) is 9.28. The van der Waals surface area contributed by atoms with Crippen molar-refractivity contribution in [1.82, 2.24) is 0 Å². The summed E-state index contributed by atoms with van der Waals surface area (Å²) in [7, 11) is 1.60. The third kappa shape index (κ3) is 4.03. The lowest BCUT2D eigenvalue weighted by molar-refractivity contribution is -0.139. The number of anilines is 1. The van der Waals surface area contributed by atoms with Crippen LogP contribution < -0.4 is 10.2 Å². The molecule has 0 unspecified atom stereocenters. The van der Waals surface area contributed by atoms with Gasteiger partial charge in [0.15, 0.2) is 0 Å². The van der Waals surface area contributed by atoms with E-state index in [4.69, 9.17) is 9.57 Å². The number of carbonyl (C=O) groups is 1. The normalized spacial score (nSPS) is 9.74. The van der Waals surface area contributed by atoms with E-state index in [1.165, 1.54) is 0 Å². The van der Waals surface area contributed by atoms with E-state index >= 15 is 0 Å². The average Bonchev–Trinajstić information content (AvgIpc) is 2.47. The van der Waals surface area contributed by atoms with Crippen LogP contribution >= 0.6 is 0 Å². The molecule has 4 nitrogen and oxygen atoms in total. The van der Waals surface area contributed by atoms with Gasteiger partial charge in [-0.3, -0.25) is 0 Å². The SMILES string of the molecule is COc1ccc(NOC(=O)Cc2ccccc2)cc1. The molecular weight excluding hydrogens is 242 g/mol. The van der Waals surface area contributed by atoms with Crippen LogP contribution in [0.3, 0.4) is 0 Å². The number of carbonyl (C=O) groups excluding carboxylic acids is 1. The van der Waals surface area contributed by atoms with Crippen molar-refractivity contribution in [2.45, 2.75) is 6.42 Å². The van der Waals surface area contributed by atoms with Gasteiger partial charge in [-0.05, 0) is 29.8 Å². The fourth-order valence-electron chi connectivity index (χ4n) is 1.57. The lowest BCUT2D eigenvalue weighted by atomic mass is 10.2. The zero-order chi connectivity index (χ0) is 13.5. The van der Waals surface area contributed by atoms with Crippen molar-refractivity contribution in [2.24, 2.45) is 0 Å². The number of hydrogen-bond acceptors (Lipinski definition) is 4. The molecule has 0 radical (unpaired) electrons. The van der Waals surface area contributed by atoms with E-state index in [2.05, 4.69) is 5.48 Å². The number of nitrogens with one attached hydrogen (secondary N) is 1. The van der Waals surface area contributed by atoms with E-state index in [9.17, 15) is 4.79 Å². The van der Waals surface area contributed by atoms with Gasteiger partial charge < -0.3 is 9.57 Å². The third-order valence-corrected chi connectivity index (χ3v) is 2.56. The molecule has 0 spiro atoms. The maximum Gasteiger partial charge on any atom is 0.336 e. The highest BCUT2D eigenvalue weighted by molar-refractivity contribution is 5.73. The van der Waals surface area contributed by atoms with Crippen molar-refractivity contribution in [2.75, 3.05) is 12.6 Å². The fraction of sp³-hybridized carbons (Fsp3) is 0.133. The van der Waals surface area contributed by atoms with Gasteiger partial charge in [0.05, 0.1) is 19.2 Å². The highest BCUT2D eigenvalue weighted by atomic mass is 16.7. The number of benzene rings is 2. The van der Waals surface area contributed by atoms with Gasteiger partial charge in [-0.2, -0.15) is 0 Å². The van der Waals surface area contributed by atoms with Crippen LogP contribution in [0.1, 0.15) is 5.56 Å². The Hall–Kier alpha value is -2.49. The summed E-state index contributed by atoms with van der Waals surface area (Å²) in [5.41, 5.74) is 4.23. The van der Waals surface area contributed by atoms with Crippen LogP contribution in [0.2, 0.25) is 0 Å². The van der Waals surface area contributed by atoms with Crippen molar-refractivity contribution in [3.05, 3.63) is 60.2 Å². The summed E-state index contributed by atoms with van der Waals surface area (Å²) in [6.07, 6.45) is 0.240. The summed E-state index contributed by atoms with van der Waals surface area (Å²) < 4.78 is 5.04. The van der Waals surface area contributed by atoms with Crippen molar-refractivity contribution in [3.63, 3.8) is 0 Å². The molecule has 0 amide bonds. The van der Waals surface area contributed by atoms with Crippen molar-refractivity contribution < 1.29 is 14.4 Å². The highest BCUT2D eigenvalue weighted by Gasteiger charge is 2.04. The molecule has 0 saturated carbocycles. The van der Waals surface area contributed by atoms with Gasteiger partial charge >= 0.3 is 5.97 Å². The van der Waals surface area contributed by atoms with Crippen LogP contribution in [0.15, 0.2) is 54.6 Å². The first kappa shape index (κ1) is 13.0. The molecule has 0 atom stereocenters. The van der Waals surface area contributed by atoms with Crippen LogP contribution in [0.25, 0.3) is 0 Å². The molecule has 0 heterocycles. The maximum absolute atomic E-state index is 11.6. The lowest BCUT2D eigenvalue weighted by Gasteiger charge is -2.07. The fourth-order valence-corrected chi connectivity index (χ4v) is 1.57. The van der Waals surface area contributed by atoms with E-state index in [1.807, 2.05) is 30.3 Å². The van der Waals surface area contributed by atoms with E-state index < -0.39 is 0 Å². The van der Waals surface area contributed by atoms with Gasteiger partial charge in [-0.15, -0.1) is 0 Å². The molecule has 0 aromatic heterocycles. The quantitative estimate of drug-likeness (QED) is 0.837. The summed E-state index contributed by atoms with van der Waals surface area (Å²) >= 11 is 0. The summed E-state index contributed by atoms with van der Waals surface area (Å²) in [4.78, 5) is 16.6.